The van der Waals surface area contributed by atoms with Gasteiger partial charge in [0.15, 0.2) is 5.78 Å². The molecule has 0 saturated heterocycles. The number of carbonyl (C=O) groups excluding carboxylic acids is 2. The predicted molar refractivity (Wildman–Crippen MR) is 225 cm³/mol. The Hall–Kier alpha value is -5.58. The molecule has 0 aromatic heterocycles. The van der Waals surface area contributed by atoms with Crippen molar-refractivity contribution in [3.05, 3.63) is 170 Å². The van der Waals surface area contributed by atoms with Crippen molar-refractivity contribution in [1.82, 2.24) is 10.3 Å². The molecule has 0 heterocycles. The molecular weight excluding hydrogens is 833 g/mol. The van der Waals surface area contributed by atoms with Crippen LogP contribution >= 0.6 is 0 Å². The van der Waals surface area contributed by atoms with Crippen molar-refractivity contribution in [2.24, 2.45) is 0 Å². The number of carboxylic acids is 1. The van der Waals surface area contributed by atoms with E-state index in [1.165, 1.54) is 41.3 Å². The number of aromatic hydroxyl groups is 3. The molecule has 0 aliphatic heterocycles. The molecule has 306 valence electrons. The smallest absolute Gasteiger partial charge is 1.00 e. The van der Waals surface area contributed by atoms with E-state index in [0.717, 1.165) is 21.8 Å². The Kier molecular flexibility index (Phi) is 24.6. The van der Waals surface area contributed by atoms with Crippen molar-refractivity contribution in [3.8, 4) is 50.6 Å². The minimum Gasteiger partial charge on any atom is -1.00 e. The number of benzene rings is 6. The molecule has 0 unspecified atom stereocenters. The van der Waals surface area contributed by atoms with Gasteiger partial charge in [-0.25, -0.2) is 9.86 Å². The van der Waals surface area contributed by atoms with Crippen LogP contribution in [0.15, 0.2) is 146 Å². The molecule has 6 aromatic rings. The van der Waals surface area contributed by atoms with E-state index in [2.05, 4.69) is 4.84 Å². The first-order valence-electron chi connectivity index (χ1n) is 17.0. The summed E-state index contributed by atoms with van der Waals surface area (Å²) in [5.41, 5.74) is 4.89. The summed E-state index contributed by atoms with van der Waals surface area (Å²) in [5, 5.41) is 48.6. The summed E-state index contributed by atoms with van der Waals surface area (Å²) >= 11 is 0. The summed E-state index contributed by atoms with van der Waals surface area (Å²) < 4.78 is 0. The van der Waals surface area contributed by atoms with Crippen LogP contribution in [0.4, 0.5) is 0 Å². The summed E-state index contributed by atoms with van der Waals surface area (Å²) in [6.07, 6.45) is 0. The van der Waals surface area contributed by atoms with Crippen LogP contribution in [0.3, 0.4) is 0 Å². The fraction of sp³-hybridized carbons (Fsp3) is 0.111. The van der Waals surface area contributed by atoms with Gasteiger partial charge in [-0.3, -0.25) is 24.5 Å². The van der Waals surface area contributed by atoms with Crippen LogP contribution in [-0.4, -0.2) is 105 Å². The Morgan fingerprint density at radius 1 is 0.508 bits per heavy atom. The van der Waals surface area contributed by atoms with E-state index in [-0.39, 0.29) is 81.6 Å². The number of hydrogen-bond donors (Lipinski definition) is 5. The number of phenolic OH excluding ortho intramolecular Hbond substituents is 2. The van der Waals surface area contributed by atoms with E-state index in [1.807, 2.05) is 91.0 Å². The van der Waals surface area contributed by atoms with Crippen molar-refractivity contribution in [3.63, 3.8) is 0 Å². The van der Waals surface area contributed by atoms with Gasteiger partial charge in [-0.2, -0.15) is 0 Å². The number of phenols is 3. The summed E-state index contributed by atoms with van der Waals surface area (Å²) in [7, 11) is 5.66. The average Bonchev–Trinajstić information content (AvgIpc) is 3.22. The van der Waals surface area contributed by atoms with Gasteiger partial charge in [-0.05, 0) is 41.8 Å². The van der Waals surface area contributed by atoms with Crippen LogP contribution in [0.5, 0.6) is 17.2 Å². The van der Waals surface area contributed by atoms with Gasteiger partial charge in [0.1, 0.15) is 22.8 Å². The van der Waals surface area contributed by atoms with Crippen molar-refractivity contribution in [2.45, 2.75) is 6.92 Å². The first-order chi connectivity index (χ1) is 26.8. The molecule has 6 rings (SSSR count). The molecule has 0 radical (unpaired) electrons. The Balaban J connectivity index is 0.000000792. The maximum Gasteiger partial charge on any atom is 2.00 e. The molecule has 6 aromatic carbocycles. The van der Waals surface area contributed by atoms with Gasteiger partial charge >= 0.3 is 29.0 Å². The summed E-state index contributed by atoms with van der Waals surface area (Å²) in [5.74, 6) is -1.83. The molecule has 59 heavy (non-hydrogen) atoms. The van der Waals surface area contributed by atoms with Crippen LogP contribution in [0.1, 0.15) is 38.0 Å². The standard InChI is InChI=1S/C15H15NO3.C14H12O2.C13H10O3.C2H7NO2.CH3.BrH.Mg/c1-16(19-2)15(18)13-10-6-9-12(14(13)17)11-7-4-3-5-8-11;1-10(15)12-8-5-9-13(14(12)16)11-6-3-2-4-7-11;14-12-10(9-5-2-1-3-6-9)7-4-8-11(12)13(15)16;1-3(4)5-2;;;/h3-10,17H,1-2H3;2-9,16H,1H3;1-8,14H,(H,15,16);4H,1-2H3;1H3;1H;/q;;;;-1;;+2/p-1. The molecular formula is C45H47BrMgN2O10. The Labute approximate surface area is 371 Å². The van der Waals surface area contributed by atoms with Crippen molar-refractivity contribution in [2.75, 3.05) is 28.3 Å². The van der Waals surface area contributed by atoms with Crippen LogP contribution in [-0.2, 0) is 9.68 Å². The number of Topliss-reactive ketones (excluding diaryl/α,β-unsaturated/α-hetero) is 1. The zero-order valence-electron chi connectivity index (χ0n) is 33.6. The second kappa shape index (κ2) is 27.2. The zero-order chi connectivity index (χ0) is 41.2. The van der Waals surface area contributed by atoms with Crippen LogP contribution < -0.4 is 17.0 Å². The zero-order valence-corrected chi connectivity index (χ0v) is 36.6. The van der Waals surface area contributed by atoms with E-state index in [1.54, 1.807) is 48.5 Å². The second-order valence-electron chi connectivity index (χ2n) is 11.7. The number of hydroxylamine groups is 4. The van der Waals surface area contributed by atoms with Crippen molar-refractivity contribution < 1.29 is 66.7 Å². The topological polar surface area (TPSA) is 177 Å². The van der Waals surface area contributed by atoms with E-state index in [0.29, 0.717) is 27.5 Å². The number of nitrogens with zero attached hydrogens (tertiary/aromatic N) is 2. The largest absolute Gasteiger partial charge is 2.00 e. The summed E-state index contributed by atoms with van der Waals surface area (Å²) in [4.78, 5) is 43.1. The number of amides is 1. The van der Waals surface area contributed by atoms with Gasteiger partial charge in [-0.1, -0.05) is 133 Å². The number of ketones is 1. The van der Waals surface area contributed by atoms with Gasteiger partial charge < -0.3 is 44.8 Å². The molecule has 12 nitrogen and oxygen atoms in total. The molecule has 0 aliphatic rings. The number of para-hydroxylation sites is 3. The maximum absolute atomic E-state index is 12.0. The second-order valence-corrected chi connectivity index (χ2v) is 11.7. The van der Waals surface area contributed by atoms with Crippen LogP contribution in [0.25, 0.3) is 33.4 Å². The number of carbonyl (C=O) groups is 3. The number of halogens is 1. The van der Waals surface area contributed by atoms with Crippen LogP contribution in [0.2, 0.25) is 0 Å². The quantitative estimate of drug-likeness (QED) is 0.0553. The molecule has 14 heteroatoms. The fourth-order valence-corrected chi connectivity index (χ4v) is 5.06. The van der Waals surface area contributed by atoms with Crippen molar-refractivity contribution >= 4 is 40.7 Å². The molecule has 0 atom stereocenters. The number of hydrogen-bond acceptors (Lipinski definition) is 10. The number of carboxylic acid groups (broad SMARTS) is 1. The third-order valence-corrected chi connectivity index (χ3v) is 8.03. The Morgan fingerprint density at radius 3 is 1.12 bits per heavy atom. The molecule has 5 N–H and O–H groups in total. The maximum atomic E-state index is 12.0. The van der Waals surface area contributed by atoms with E-state index in [4.69, 9.17) is 15.2 Å². The molecule has 0 aliphatic carbocycles. The van der Waals surface area contributed by atoms with E-state index in [9.17, 15) is 29.7 Å². The fourth-order valence-electron chi connectivity index (χ4n) is 5.06. The Morgan fingerprint density at radius 2 is 0.814 bits per heavy atom. The third kappa shape index (κ3) is 15.6. The molecule has 0 bridgehead atoms. The number of aromatic carboxylic acids is 1. The predicted octanol–water partition coefficient (Wildman–Crippen LogP) is 5.65. The van der Waals surface area contributed by atoms with Gasteiger partial charge in [0.25, 0.3) is 5.91 Å². The normalized spacial score (nSPS) is 9.54. The first kappa shape index (κ1) is 53.4. The number of rotatable bonds is 8. The third-order valence-electron chi connectivity index (χ3n) is 8.03. The van der Waals surface area contributed by atoms with E-state index < -0.39 is 11.9 Å². The first-order valence-corrected chi connectivity index (χ1v) is 17.0. The average molecular weight is 880 g/mol. The van der Waals surface area contributed by atoms with Crippen molar-refractivity contribution in [1.29, 1.82) is 0 Å². The van der Waals surface area contributed by atoms with Gasteiger partial charge in [0, 0.05) is 30.8 Å². The molecule has 0 saturated carbocycles. The SMILES string of the molecule is CC(=O)c1cccc(-c2ccccc2)c1O.CON(C)C(=O)c1cccc(-c2ccccc2)c1O.CON(C)O.O=C(O)c1cccc(-c2ccccc2)c1O.[Br-].[CH3-].[Mg+2]. The minimum absolute atomic E-state index is 0. The summed E-state index contributed by atoms with van der Waals surface area (Å²) in [6.45, 7) is 1.45. The monoisotopic (exact) mass is 878 g/mol. The van der Waals surface area contributed by atoms with Gasteiger partial charge in [0.05, 0.1) is 25.3 Å². The minimum atomic E-state index is -1.13. The summed E-state index contributed by atoms with van der Waals surface area (Å²) in [6, 6.07) is 43.1. The van der Waals surface area contributed by atoms with Crippen LogP contribution in [0, 0.1) is 7.43 Å². The molecule has 0 fully saturated rings. The van der Waals surface area contributed by atoms with Gasteiger partial charge in [-0.15, -0.1) is 0 Å². The molecule has 0 spiro atoms. The molecule has 1 amide bonds. The van der Waals surface area contributed by atoms with E-state index >= 15 is 0 Å². The van der Waals surface area contributed by atoms with Gasteiger partial charge in [0.2, 0.25) is 0 Å². The Bertz CT molecular complexity index is 2090.